The number of carbonyl (C=O) groups excluding carboxylic acids is 1. The number of hydrogen-bond donors (Lipinski definition) is 0. The van der Waals surface area contributed by atoms with E-state index in [4.69, 9.17) is 4.74 Å². The van der Waals surface area contributed by atoms with Crippen LogP contribution in [0.25, 0.3) is 0 Å². The zero-order valence-corrected chi connectivity index (χ0v) is 8.74. The standard InChI is InChI=1S/C12H18O2/c1-2-3-4-9-12(13)14-10-11-7-5-6-8-11/h3-6,11H,2,7-10H2,1H3/b4-3-. The quantitative estimate of drug-likeness (QED) is 0.497. The summed E-state index contributed by atoms with van der Waals surface area (Å²) in [7, 11) is 0. The van der Waals surface area contributed by atoms with E-state index >= 15 is 0 Å². The predicted molar refractivity (Wildman–Crippen MR) is 56.9 cm³/mol. The Hall–Kier alpha value is -1.05. The summed E-state index contributed by atoms with van der Waals surface area (Å²) in [5.74, 6) is 0.413. The van der Waals surface area contributed by atoms with Gasteiger partial charge in [-0.25, -0.2) is 0 Å². The monoisotopic (exact) mass is 194 g/mol. The van der Waals surface area contributed by atoms with Crippen LogP contribution in [0.3, 0.4) is 0 Å². The van der Waals surface area contributed by atoms with Crippen LogP contribution < -0.4 is 0 Å². The molecule has 1 rings (SSSR count). The van der Waals surface area contributed by atoms with Gasteiger partial charge in [0.05, 0.1) is 13.0 Å². The van der Waals surface area contributed by atoms with E-state index < -0.39 is 0 Å². The minimum Gasteiger partial charge on any atom is -0.465 e. The number of esters is 1. The van der Waals surface area contributed by atoms with Crippen molar-refractivity contribution in [3.05, 3.63) is 24.3 Å². The van der Waals surface area contributed by atoms with Gasteiger partial charge in [0.15, 0.2) is 0 Å². The highest BCUT2D eigenvalue weighted by Gasteiger charge is 2.12. The van der Waals surface area contributed by atoms with E-state index in [0.29, 0.717) is 18.9 Å². The number of ether oxygens (including phenoxy) is 1. The summed E-state index contributed by atoms with van der Waals surface area (Å²) >= 11 is 0. The van der Waals surface area contributed by atoms with Crippen molar-refractivity contribution in [3.63, 3.8) is 0 Å². The van der Waals surface area contributed by atoms with Gasteiger partial charge in [-0.2, -0.15) is 0 Å². The molecule has 0 radical (unpaired) electrons. The summed E-state index contributed by atoms with van der Waals surface area (Å²) in [6, 6.07) is 0. The Balaban J connectivity index is 2.05. The molecule has 78 valence electrons. The zero-order valence-electron chi connectivity index (χ0n) is 8.74. The molecule has 1 aliphatic carbocycles. The fourth-order valence-corrected chi connectivity index (χ4v) is 1.43. The first-order chi connectivity index (χ1) is 6.83. The third-order valence-corrected chi connectivity index (χ3v) is 2.27. The van der Waals surface area contributed by atoms with Gasteiger partial charge in [-0.3, -0.25) is 4.79 Å². The van der Waals surface area contributed by atoms with Crippen molar-refractivity contribution < 1.29 is 9.53 Å². The van der Waals surface area contributed by atoms with Crippen LogP contribution in [0.1, 0.15) is 32.6 Å². The molecule has 0 bridgehead atoms. The van der Waals surface area contributed by atoms with Crippen molar-refractivity contribution in [3.8, 4) is 0 Å². The Morgan fingerprint density at radius 2 is 2.14 bits per heavy atom. The van der Waals surface area contributed by atoms with Gasteiger partial charge in [0.1, 0.15) is 0 Å². The lowest BCUT2D eigenvalue weighted by atomic mass is 10.1. The molecular weight excluding hydrogens is 176 g/mol. The van der Waals surface area contributed by atoms with Crippen molar-refractivity contribution in [2.45, 2.75) is 32.6 Å². The molecule has 0 saturated carbocycles. The molecule has 0 heterocycles. The summed E-state index contributed by atoms with van der Waals surface area (Å²) in [6.07, 6.45) is 11.6. The normalized spacial score (nSPS) is 16.6. The lowest BCUT2D eigenvalue weighted by Crippen LogP contribution is -2.11. The summed E-state index contributed by atoms with van der Waals surface area (Å²) in [5.41, 5.74) is 0. The second-order valence-electron chi connectivity index (χ2n) is 3.58. The van der Waals surface area contributed by atoms with Crippen LogP contribution in [0.2, 0.25) is 0 Å². The van der Waals surface area contributed by atoms with Crippen molar-refractivity contribution >= 4 is 5.97 Å². The molecule has 0 spiro atoms. The predicted octanol–water partition coefficient (Wildman–Crippen LogP) is 2.85. The summed E-state index contributed by atoms with van der Waals surface area (Å²) in [4.78, 5) is 11.2. The molecule has 0 aromatic heterocycles. The van der Waals surface area contributed by atoms with Crippen LogP contribution >= 0.6 is 0 Å². The van der Waals surface area contributed by atoms with Crippen LogP contribution in [-0.2, 0) is 9.53 Å². The van der Waals surface area contributed by atoms with E-state index in [0.717, 1.165) is 19.3 Å². The van der Waals surface area contributed by atoms with Crippen LogP contribution in [-0.4, -0.2) is 12.6 Å². The molecule has 0 aromatic carbocycles. The second kappa shape index (κ2) is 6.41. The largest absolute Gasteiger partial charge is 0.465 e. The minimum absolute atomic E-state index is 0.110. The molecule has 0 amide bonds. The average Bonchev–Trinajstić information content (AvgIpc) is 2.68. The molecule has 1 aliphatic rings. The first kappa shape index (κ1) is 11.0. The smallest absolute Gasteiger partial charge is 0.309 e. The lowest BCUT2D eigenvalue weighted by molar-refractivity contribution is -0.143. The van der Waals surface area contributed by atoms with E-state index in [-0.39, 0.29) is 5.97 Å². The third-order valence-electron chi connectivity index (χ3n) is 2.27. The SMILES string of the molecule is CC/C=C\CC(=O)OCC1CC=CC1. The van der Waals surface area contributed by atoms with Gasteiger partial charge < -0.3 is 4.74 Å². The van der Waals surface area contributed by atoms with Crippen molar-refractivity contribution in [2.75, 3.05) is 6.61 Å². The van der Waals surface area contributed by atoms with Gasteiger partial charge in [0.2, 0.25) is 0 Å². The van der Waals surface area contributed by atoms with E-state index in [2.05, 4.69) is 12.2 Å². The molecule has 2 nitrogen and oxygen atoms in total. The van der Waals surface area contributed by atoms with Crippen LogP contribution in [0.4, 0.5) is 0 Å². The first-order valence-corrected chi connectivity index (χ1v) is 5.28. The molecule has 0 fully saturated rings. The van der Waals surface area contributed by atoms with Gasteiger partial charge >= 0.3 is 5.97 Å². The first-order valence-electron chi connectivity index (χ1n) is 5.28. The van der Waals surface area contributed by atoms with Crippen LogP contribution in [0, 0.1) is 5.92 Å². The Morgan fingerprint density at radius 3 is 2.79 bits per heavy atom. The Kier molecular flexibility index (Phi) is 5.05. The van der Waals surface area contributed by atoms with Gasteiger partial charge in [-0.15, -0.1) is 0 Å². The number of allylic oxidation sites excluding steroid dienone is 3. The number of hydrogen-bond acceptors (Lipinski definition) is 2. The molecule has 14 heavy (non-hydrogen) atoms. The Morgan fingerprint density at radius 1 is 1.43 bits per heavy atom. The van der Waals surface area contributed by atoms with Crippen LogP contribution in [0.15, 0.2) is 24.3 Å². The third kappa shape index (κ3) is 4.26. The summed E-state index contributed by atoms with van der Waals surface area (Å²) < 4.78 is 5.14. The van der Waals surface area contributed by atoms with Gasteiger partial charge in [-0.1, -0.05) is 31.2 Å². The summed E-state index contributed by atoms with van der Waals surface area (Å²) in [6.45, 7) is 2.62. The van der Waals surface area contributed by atoms with E-state index in [1.54, 1.807) is 0 Å². The Labute approximate surface area is 85.6 Å². The molecule has 0 saturated heterocycles. The molecule has 0 unspecified atom stereocenters. The molecule has 0 N–H and O–H groups in total. The number of rotatable bonds is 5. The topological polar surface area (TPSA) is 26.3 Å². The molecule has 0 atom stereocenters. The number of carbonyl (C=O) groups is 1. The lowest BCUT2D eigenvalue weighted by Gasteiger charge is -2.08. The molecular formula is C12H18O2. The fraction of sp³-hybridized carbons (Fsp3) is 0.583. The van der Waals surface area contributed by atoms with Gasteiger partial charge in [-0.05, 0) is 25.2 Å². The average molecular weight is 194 g/mol. The summed E-state index contributed by atoms with van der Waals surface area (Å²) in [5, 5.41) is 0. The maximum atomic E-state index is 11.2. The highest BCUT2D eigenvalue weighted by molar-refractivity contribution is 5.71. The van der Waals surface area contributed by atoms with Gasteiger partial charge in [0, 0.05) is 0 Å². The molecule has 0 aliphatic heterocycles. The van der Waals surface area contributed by atoms with Crippen molar-refractivity contribution in [2.24, 2.45) is 5.92 Å². The maximum absolute atomic E-state index is 11.2. The highest BCUT2D eigenvalue weighted by atomic mass is 16.5. The fourth-order valence-electron chi connectivity index (χ4n) is 1.43. The van der Waals surface area contributed by atoms with E-state index in [9.17, 15) is 4.79 Å². The second-order valence-corrected chi connectivity index (χ2v) is 3.58. The van der Waals surface area contributed by atoms with E-state index in [1.807, 2.05) is 19.1 Å². The molecule has 0 aromatic rings. The minimum atomic E-state index is -0.110. The highest BCUT2D eigenvalue weighted by Crippen LogP contribution is 2.17. The van der Waals surface area contributed by atoms with E-state index in [1.165, 1.54) is 0 Å². The zero-order chi connectivity index (χ0) is 10.2. The molecule has 2 heteroatoms. The van der Waals surface area contributed by atoms with Crippen molar-refractivity contribution in [1.29, 1.82) is 0 Å². The van der Waals surface area contributed by atoms with Crippen molar-refractivity contribution in [1.82, 2.24) is 0 Å². The van der Waals surface area contributed by atoms with Crippen LogP contribution in [0.5, 0.6) is 0 Å². The Bertz CT molecular complexity index is 220. The van der Waals surface area contributed by atoms with Gasteiger partial charge in [0.25, 0.3) is 0 Å². The maximum Gasteiger partial charge on any atom is 0.309 e.